The second kappa shape index (κ2) is 4.34. The summed E-state index contributed by atoms with van der Waals surface area (Å²) in [6, 6.07) is 0. The van der Waals surface area contributed by atoms with Crippen LogP contribution < -0.4 is 0 Å². The number of carboxylic acid groups (broad SMARTS) is 1. The molecule has 0 bridgehead atoms. The number of hydrogen-bond donors (Lipinski definition) is 2. The van der Waals surface area contributed by atoms with Gasteiger partial charge >= 0.3 is 6.09 Å². The predicted octanol–water partition coefficient (Wildman–Crippen LogP) is 1.04. The molecule has 0 radical (unpaired) electrons. The molecular weight excluding hydrogens is 210 g/mol. The van der Waals surface area contributed by atoms with E-state index in [0.29, 0.717) is 18.9 Å². The molecule has 16 heavy (non-hydrogen) atoms. The fraction of sp³-hybridized carbons (Fsp3) is 0.500. The van der Waals surface area contributed by atoms with E-state index < -0.39 is 6.09 Å². The van der Waals surface area contributed by atoms with Crippen molar-refractivity contribution < 1.29 is 15.0 Å². The maximum atomic E-state index is 10.7. The molecule has 6 heteroatoms. The number of aromatic hydroxyl groups is 1. The van der Waals surface area contributed by atoms with Crippen molar-refractivity contribution in [1.29, 1.82) is 0 Å². The summed E-state index contributed by atoms with van der Waals surface area (Å²) in [6.45, 7) is 1.04. The minimum Gasteiger partial charge on any atom is -0.505 e. The Morgan fingerprint density at radius 2 is 1.88 bits per heavy atom. The van der Waals surface area contributed by atoms with Gasteiger partial charge in [-0.15, -0.1) is 0 Å². The van der Waals surface area contributed by atoms with Crippen molar-refractivity contribution in [1.82, 2.24) is 14.9 Å². The number of aromatic nitrogens is 2. The van der Waals surface area contributed by atoms with Crippen molar-refractivity contribution in [3.05, 3.63) is 18.2 Å². The molecule has 0 unspecified atom stereocenters. The van der Waals surface area contributed by atoms with Crippen LogP contribution in [0.15, 0.2) is 12.4 Å². The van der Waals surface area contributed by atoms with Crippen molar-refractivity contribution >= 4 is 6.09 Å². The SMILES string of the molecule is O=C(O)N1CCC(c2ncc(O)cn2)CC1. The average molecular weight is 223 g/mol. The van der Waals surface area contributed by atoms with Gasteiger partial charge in [0.25, 0.3) is 0 Å². The molecule has 0 spiro atoms. The highest BCUT2D eigenvalue weighted by molar-refractivity contribution is 5.65. The third-order valence-electron chi connectivity index (χ3n) is 2.79. The van der Waals surface area contributed by atoms with E-state index in [1.165, 1.54) is 17.3 Å². The van der Waals surface area contributed by atoms with Gasteiger partial charge in [0.1, 0.15) is 5.82 Å². The predicted molar refractivity (Wildman–Crippen MR) is 55.3 cm³/mol. The van der Waals surface area contributed by atoms with Gasteiger partial charge in [0.05, 0.1) is 12.4 Å². The monoisotopic (exact) mass is 223 g/mol. The summed E-state index contributed by atoms with van der Waals surface area (Å²) in [4.78, 5) is 20.2. The maximum absolute atomic E-state index is 10.7. The normalized spacial score (nSPS) is 17.4. The Kier molecular flexibility index (Phi) is 2.89. The highest BCUT2D eigenvalue weighted by Gasteiger charge is 2.24. The lowest BCUT2D eigenvalue weighted by Crippen LogP contribution is -2.37. The van der Waals surface area contributed by atoms with Gasteiger partial charge in [-0.3, -0.25) is 0 Å². The quantitative estimate of drug-likeness (QED) is 0.742. The largest absolute Gasteiger partial charge is 0.505 e. The Hall–Kier alpha value is -1.85. The molecule has 1 aromatic rings. The molecule has 0 saturated carbocycles. The Bertz CT molecular complexity index is 371. The second-order valence-electron chi connectivity index (χ2n) is 3.84. The summed E-state index contributed by atoms with van der Waals surface area (Å²) in [5.74, 6) is 0.922. The number of rotatable bonds is 1. The first-order valence-corrected chi connectivity index (χ1v) is 5.15. The molecule has 2 rings (SSSR count). The lowest BCUT2D eigenvalue weighted by Gasteiger charge is -2.28. The molecule has 1 amide bonds. The molecule has 1 aromatic heterocycles. The zero-order valence-electron chi connectivity index (χ0n) is 8.70. The van der Waals surface area contributed by atoms with Crippen molar-refractivity contribution in [3.8, 4) is 5.75 Å². The van der Waals surface area contributed by atoms with Gasteiger partial charge in [-0.25, -0.2) is 14.8 Å². The third kappa shape index (κ3) is 2.21. The van der Waals surface area contributed by atoms with Crippen LogP contribution in [-0.2, 0) is 0 Å². The van der Waals surface area contributed by atoms with E-state index in [9.17, 15) is 4.79 Å². The average Bonchev–Trinajstić information content (AvgIpc) is 2.30. The fourth-order valence-corrected chi connectivity index (χ4v) is 1.87. The van der Waals surface area contributed by atoms with E-state index in [1.807, 2.05) is 0 Å². The van der Waals surface area contributed by atoms with Gasteiger partial charge in [-0.1, -0.05) is 0 Å². The lowest BCUT2D eigenvalue weighted by molar-refractivity contribution is 0.131. The Morgan fingerprint density at radius 3 is 2.38 bits per heavy atom. The van der Waals surface area contributed by atoms with Crippen molar-refractivity contribution in [2.45, 2.75) is 18.8 Å². The van der Waals surface area contributed by atoms with Gasteiger partial charge in [0.2, 0.25) is 0 Å². The first-order chi connectivity index (χ1) is 7.66. The van der Waals surface area contributed by atoms with E-state index >= 15 is 0 Å². The summed E-state index contributed by atoms with van der Waals surface area (Å²) in [5, 5.41) is 17.9. The molecule has 1 aliphatic heterocycles. The van der Waals surface area contributed by atoms with Crippen LogP contribution >= 0.6 is 0 Å². The first-order valence-electron chi connectivity index (χ1n) is 5.15. The van der Waals surface area contributed by atoms with Gasteiger partial charge in [0.15, 0.2) is 5.75 Å². The summed E-state index contributed by atoms with van der Waals surface area (Å²) in [7, 11) is 0. The number of carbonyl (C=O) groups is 1. The van der Waals surface area contributed by atoms with E-state index in [1.54, 1.807) is 0 Å². The van der Waals surface area contributed by atoms with E-state index in [0.717, 1.165) is 12.8 Å². The van der Waals surface area contributed by atoms with Crippen LogP contribution in [0.3, 0.4) is 0 Å². The standard InChI is InChI=1S/C10H13N3O3/c14-8-5-11-9(12-6-8)7-1-3-13(4-2-7)10(15)16/h5-7,14H,1-4H2,(H,15,16). The van der Waals surface area contributed by atoms with E-state index in [4.69, 9.17) is 10.2 Å². The number of hydrogen-bond acceptors (Lipinski definition) is 4. The van der Waals surface area contributed by atoms with Crippen LogP contribution in [0, 0.1) is 0 Å². The van der Waals surface area contributed by atoms with E-state index in [2.05, 4.69) is 9.97 Å². The molecule has 1 saturated heterocycles. The maximum Gasteiger partial charge on any atom is 0.407 e. The Morgan fingerprint density at radius 1 is 1.31 bits per heavy atom. The summed E-state index contributed by atoms with van der Waals surface area (Å²) in [5.41, 5.74) is 0. The third-order valence-corrected chi connectivity index (χ3v) is 2.79. The molecule has 1 fully saturated rings. The summed E-state index contributed by atoms with van der Waals surface area (Å²) >= 11 is 0. The highest BCUT2D eigenvalue weighted by atomic mass is 16.4. The molecule has 1 aliphatic rings. The second-order valence-corrected chi connectivity index (χ2v) is 3.84. The van der Waals surface area contributed by atoms with Gasteiger partial charge in [-0.2, -0.15) is 0 Å². The van der Waals surface area contributed by atoms with Crippen LogP contribution in [0.5, 0.6) is 5.75 Å². The molecular formula is C10H13N3O3. The number of likely N-dealkylation sites (tertiary alicyclic amines) is 1. The lowest BCUT2D eigenvalue weighted by atomic mass is 9.96. The van der Waals surface area contributed by atoms with Gasteiger partial charge in [-0.05, 0) is 12.8 Å². The highest BCUT2D eigenvalue weighted by Crippen LogP contribution is 2.25. The number of nitrogens with zero attached hydrogens (tertiary/aromatic N) is 3. The molecule has 86 valence electrons. The van der Waals surface area contributed by atoms with Crippen LogP contribution in [0.1, 0.15) is 24.6 Å². The van der Waals surface area contributed by atoms with Crippen molar-refractivity contribution in [2.24, 2.45) is 0 Å². The van der Waals surface area contributed by atoms with Crippen LogP contribution in [0.4, 0.5) is 4.79 Å². The zero-order valence-corrected chi connectivity index (χ0v) is 8.70. The summed E-state index contributed by atoms with van der Waals surface area (Å²) in [6.07, 6.45) is 3.33. The van der Waals surface area contributed by atoms with Gasteiger partial charge < -0.3 is 15.1 Å². The minimum absolute atomic E-state index is 0.0479. The van der Waals surface area contributed by atoms with Crippen molar-refractivity contribution in [2.75, 3.05) is 13.1 Å². The number of amides is 1. The van der Waals surface area contributed by atoms with Crippen LogP contribution in [0.25, 0.3) is 0 Å². The zero-order chi connectivity index (χ0) is 11.5. The van der Waals surface area contributed by atoms with Crippen molar-refractivity contribution in [3.63, 3.8) is 0 Å². The molecule has 0 atom stereocenters. The fourth-order valence-electron chi connectivity index (χ4n) is 1.87. The minimum atomic E-state index is -0.870. The number of piperidine rings is 1. The Balaban J connectivity index is 1.99. The topological polar surface area (TPSA) is 86.5 Å². The smallest absolute Gasteiger partial charge is 0.407 e. The first kappa shape index (κ1) is 10.7. The van der Waals surface area contributed by atoms with Crippen LogP contribution in [0.2, 0.25) is 0 Å². The molecule has 0 aromatic carbocycles. The molecule has 2 N–H and O–H groups in total. The molecule has 2 heterocycles. The van der Waals surface area contributed by atoms with Gasteiger partial charge in [0, 0.05) is 19.0 Å². The van der Waals surface area contributed by atoms with E-state index in [-0.39, 0.29) is 11.7 Å². The molecule has 6 nitrogen and oxygen atoms in total. The van der Waals surface area contributed by atoms with Crippen LogP contribution in [-0.4, -0.2) is 44.3 Å². The summed E-state index contributed by atoms with van der Waals surface area (Å²) < 4.78 is 0. The molecule has 0 aliphatic carbocycles. The Labute approximate surface area is 92.6 Å².